The number of anilines is 3. The third kappa shape index (κ3) is 4.79. The summed E-state index contributed by atoms with van der Waals surface area (Å²) in [6.07, 6.45) is 3.75. The Labute approximate surface area is 300 Å². The molecule has 0 fully saturated rings. The van der Waals surface area contributed by atoms with Crippen LogP contribution < -0.4 is 9.64 Å². The van der Waals surface area contributed by atoms with E-state index in [9.17, 15) is 0 Å². The predicted molar refractivity (Wildman–Crippen MR) is 194 cm³/mol. The maximum Gasteiger partial charge on any atom is 2.00 e. The number of ether oxygens (including phenoxy) is 1. The second kappa shape index (κ2) is 11.7. The number of para-hydroxylation sites is 2. The molecule has 5 nitrogen and oxygen atoms in total. The van der Waals surface area contributed by atoms with Crippen molar-refractivity contribution in [2.24, 2.45) is 0 Å². The van der Waals surface area contributed by atoms with Crippen LogP contribution in [0.5, 0.6) is 11.6 Å². The van der Waals surface area contributed by atoms with Gasteiger partial charge in [0.25, 0.3) is 0 Å². The Bertz CT molecular complexity index is 2530. The Morgan fingerprint density at radius 3 is 2.29 bits per heavy atom. The second-order valence-corrected chi connectivity index (χ2v) is 13.1. The predicted octanol–water partition coefficient (Wildman–Crippen LogP) is 10.8. The van der Waals surface area contributed by atoms with Gasteiger partial charge in [-0.1, -0.05) is 91.0 Å². The standard InChI is InChI=1S/C43H32N4O.Pt/c1-27-12-11-13-28(2)41(27)39-26-45-42-33-24-29(19-21-31(33)32-14-5-7-16-36(32)47(39)42)46-37-17-8-6-15-34(37)43(3,4)35-22-20-30(25-38(35)46)48-40-18-9-10-23-44-40;/h5-23,26H,1-4H3;/q-2;+2. The molecule has 0 radical (unpaired) electrons. The van der Waals surface area contributed by atoms with Crippen molar-refractivity contribution in [2.45, 2.75) is 33.1 Å². The van der Waals surface area contributed by atoms with Gasteiger partial charge < -0.3 is 14.0 Å². The maximum atomic E-state index is 6.21. The molecule has 5 aromatic carbocycles. The Balaban J connectivity index is 0.00000348. The smallest absolute Gasteiger partial charge is 0.466 e. The molecule has 6 heteroatoms. The molecule has 3 aromatic heterocycles. The molecule has 0 aliphatic carbocycles. The van der Waals surface area contributed by atoms with Crippen LogP contribution in [0.3, 0.4) is 0 Å². The minimum absolute atomic E-state index is 0. The van der Waals surface area contributed by atoms with Crippen LogP contribution in [-0.4, -0.2) is 14.4 Å². The van der Waals surface area contributed by atoms with Crippen molar-refractivity contribution in [3.8, 4) is 22.9 Å². The van der Waals surface area contributed by atoms with Gasteiger partial charge in [-0.2, -0.15) is 6.07 Å². The van der Waals surface area contributed by atoms with E-state index in [2.05, 4.69) is 139 Å². The van der Waals surface area contributed by atoms with Gasteiger partial charge in [0, 0.05) is 41.0 Å². The van der Waals surface area contributed by atoms with E-state index in [1.807, 2.05) is 30.5 Å². The average molecular weight is 816 g/mol. The number of hydrogen-bond acceptors (Lipinski definition) is 4. The van der Waals surface area contributed by atoms with Gasteiger partial charge in [-0.3, -0.25) is 4.98 Å². The molecule has 0 unspecified atom stereocenters. The number of aromatic nitrogens is 3. The van der Waals surface area contributed by atoms with E-state index in [0.29, 0.717) is 11.6 Å². The van der Waals surface area contributed by atoms with Crippen LogP contribution in [-0.2, 0) is 26.5 Å². The SMILES string of the molecule is Cc1cccc(C)c1-c1cnc2c3[c-]c(N4c5[c-]c(Oc6ccccn6)ccc5C(C)(C)c5ccccc54)ccc3c3ccccc3n12.[Pt+2]. The third-order valence-electron chi connectivity index (χ3n) is 9.79. The van der Waals surface area contributed by atoms with Crippen LogP contribution in [0, 0.1) is 26.0 Å². The molecule has 240 valence electrons. The fourth-order valence-electron chi connectivity index (χ4n) is 7.51. The molecule has 0 N–H and O–H groups in total. The zero-order valence-corrected chi connectivity index (χ0v) is 29.8. The zero-order valence-electron chi connectivity index (χ0n) is 27.6. The number of imidazole rings is 1. The van der Waals surface area contributed by atoms with E-state index in [1.165, 1.54) is 22.3 Å². The summed E-state index contributed by atoms with van der Waals surface area (Å²) in [5, 5.41) is 3.24. The van der Waals surface area contributed by atoms with Crippen LogP contribution in [0.2, 0.25) is 0 Å². The average Bonchev–Trinajstić information content (AvgIpc) is 3.54. The molecule has 1 aliphatic heterocycles. The van der Waals surface area contributed by atoms with Crippen molar-refractivity contribution in [2.75, 3.05) is 4.90 Å². The van der Waals surface area contributed by atoms with E-state index in [-0.39, 0.29) is 26.5 Å². The van der Waals surface area contributed by atoms with E-state index >= 15 is 0 Å². The van der Waals surface area contributed by atoms with Crippen molar-refractivity contribution in [1.29, 1.82) is 0 Å². The number of hydrogen-bond donors (Lipinski definition) is 0. The number of pyridine rings is 2. The number of aryl methyl sites for hydroxylation is 2. The van der Waals surface area contributed by atoms with Gasteiger partial charge in [0.2, 0.25) is 5.88 Å². The molecular weight excluding hydrogens is 784 g/mol. The van der Waals surface area contributed by atoms with Crippen LogP contribution in [0.25, 0.3) is 38.6 Å². The summed E-state index contributed by atoms with van der Waals surface area (Å²) < 4.78 is 8.51. The third-order valence-corrected chi connectivity index (χ3v) is 9.79. The van der Waals surface area contributed by atoms with Crippen molar-refractivity contribution < 1.29 is 25.8 Å². The molecule has 9 rings (SSSR count). The molecule has 0 amide bonds. The van der Waals surface area contributed by atoms with Crippen molar-refractivity contribution in [3.63, 3.8) is 0 Å². The van der Waals surface area contributed by atoms with Gasteiger partial charge in [-0.25, -0.2) is 4.98 Å². The van der Waals surface area contributed by atoms with Gasteiger partial charge in [0.05, 0.1) is 11.3 Å². The number of fused-ring (bicyclic) bond motifs is 8. The number of rotatable bonds is 4. The molecule has 0 spiro atoms. The summed E-state index contributed by atoms with van der Waals surface area (Å²) in [4.78, 5) is 11.7. The molecular formula is C43H32N4OPt. The molecule has 0 saturated carbocycles. The van der Waals surface area contributed by atoms with Gasteiger partial charge >= 0.3 is 21.1 Å². The van der Waals surface area contributed by atoms with E-state index in [1.54, 1.807) is 6.20 Å². The molecule has 1 aliphatic rings. The van der Waals surface area contributed by atoms with Gasteiger partial charge in [-0.05, 0) is 65.2 Å². The summed E-state index contributed by atoms with van der Waals surface area (Å²) in [6.45, 7) is 8.89. The normalized spacial score (nSPS) is 13.3. The first-order valence-electron chi connectivity index (χ1n) is 16.3. The Kier molecular flexibility index (Phi) is 7.42. The van der Waals surface area contributed by atoms with Gasteiger partial charge in [0.15, 0.2) is 0 Å². The first kappa shape index (κ1) is 31.0. The molecule has 49 heavy (non-hydrogen) atoms. The summed E-state index contributed by atoms with van der Waals surface area (Å²) >= 11 is 0. The zero-order chi connectivity index (χ0) is 32.6. The molecule has 4 heterocycles. The number of nitrogens with zero attached hydrogens (tertiary/aromatic N) is 4. The second-order valence-electron chi connectivity index (χ2n) is 13.1. The van der Waals surface area contributed by atoms with Crippen LogP contribution >= 0.6 is 0 Å². The largest absolute Gasteiger partial charge is 2.00 e. The first-order valence-corrected chi connectivity index (χ1v) is 16.3. The van der Waals surface area contributed by atoms with Crippen molar-refractivity contribution in [1.82, 2.24) is 14.4 Å². The van der Waals surface area contributed by atoms with Gasteiger partial charge in [0.1, 0.15) is 0 Å². The van der Waals surface area contributed by atoms with E-state index in [4.69, 9.17) is 9.72 Å². The summed E-state index contributed by atoms with van der Waals surface area (Å²) in [7, 11) is 0. The minimum Gasteiger partial charge on any atom is -0.466 e. The van der Waals surface area contributed by atoms with Crippen LogP contribution in [0.15, 0.2) is 122 Å². The fraction of sp³-hybridized carbons (Fsp3) is 0.116. The number of benzene rings is 5. The van der Waals surface area contributed by atoms with Gasteiger partial charge in [-0.15, -0.1) is 35.9 Å². The Hall–Kier alpha value is -5.25. The van der Waals surface area contributed by atoms with E-state index in [0.717, 1.165) is 55.6 Å². The summed E-state index contributed by atoms with van der Waals surface area (Å²) in [5.41, 5.74) is 11.8. The van der Waals surface area contributed by atoms with Crippen molar-refractivity contribution in [3.05, 3.63) is 156 Å². The topological polar surface area (TPSA) is 42.7 Å². The Morgan fingerprint density at radius 1 is 0.694 bits per heavy atom. The minimum atomic E-state index is -0.258. The van der Waals surface area contributed by atoms with Crippen LogP contribution in [0.1, 0.15) is 36.1 Å². The molecule has 0 atom stereocenters. The monoisotopic (exact) mass is 815 g/mol. The van der Waals surface area contributed by atoms with E-state index < -0.39 is 0 Å². The molecule has 8 aromatic rings. The maximum absolute atomic E-state index is 6.21. The summed E-state index contributed by atoms with van der Waals surface area (Å²) in [5.74, 6) is 1.13. The van der Waals surface area contributed by atoms with Crippen LogP contribution in [0.4, 0.5) is 17.1 Å². The first-order chi connectivity index (χ1) is 23.4. The van der Waals surface area contributed by atoms with Crippen molar-refractivity contribution >= 4 is 44.4 Å². The molecule has 0 saturated heterocycles. The molecule has 0 bridgehead atoms. The fourth-order valence-corrected chi connectivity index (χ4v) is 7.51. The summed E-state index contributed by atoms with van der Waals surface area (Å²) in [6, 6.07) is 45.4. The quantitative estimate of drug-likeness (QED) is 0.131. The Morgan fingerprint density at radius 2 is 1.47 bits per heavy atom.